The molecule has 2 N–H and O–H groups in total. The average molecular weight is 554 g/mol. The molecule has 0 bridgehead atoms. The van der Waals surface area contributed by atoms with Gasteiger partial charge in [-0.2, -0.15) is 4.31 Å². The summed E-state index contributed by atoms with van der Waals surface area (Å²) in [6.07, 6.45) is 0. The van der Waals surface area contributed by atoms with E-state index in [0.717, 1.165) is 9.87 Å². The van der Waals surface area contributed by atoms with Crippen LogP contribution in [-0.4, -0.2) is 46.7 Å². The highest BCUT2D eigenvalue weighted by Gasteiger charge is 2.27. The van der Waals surface area contributed by atoms with Gasteiger partial charge in [0.15, 0.2) is 0 Å². The van der Waals surface area contributed by atoms with Crippen LogP contribution in [0.25, 0.3) is 0 Å². The minimum atomic E-state index is -4.19. The van der Waals surface area contributed by atoms with Crippen molar-refractivity contribution in [3.63, 3.8) is 0 Å². The Morgan fingerprint density at radius 1 is 0.889 bits per heavy atom. The fourth-order valence-electron chi connectivity index (χ4n) is 3.20. The Hall–Kier alpha value is -2.83. The molecule has 192 valence electrons. The van der Waals surface area contributed by atoms with Gasteiger partial charge in [-0.05, 0) is 49.4 Å². The van der Waals surface area contributed by atoms with E-state index in [1.807, 2.05) is 6.92 Å². The molecule has 0 aromatic heterocycles. The van der Waals surface area contributed by atoms with Gasteiger partial charge >= 0.3 is 0 Å². The first-order valence-electron chi connectivity index (χ1n) is 10.8. The maximum atomic E-state index is 14.2. The summed E-state index contributed by atoms with van der Waals surface area (Å²) in [7, 11) is -7.95. The lowest BCUT2D eigenvalue weighted by Crippen LogP contribution is -2.42. The number of nitrogens with zero attached hydrogens (tertiary/aromatic N) is 1. The van der Waals surface area contributed by atoms with E-state index in [-0.39, 0.29) is 35.0 Å². The molecular formula is C24H25ClFN3O5S2. The fraction of sp³-hybridized carbons (Fsp3) is 0.208. The largest absolute Gasteiger partial charge is 0.354 e. The Bertz CT molecular complexity index is 1410. The smallest absolute Gasteiger partial charge is 0.243 e. The molecule has 0 spiro atoms. The highest BCUT2D eigenvalue weighted by molar-refractivity contribution is 7.89. The molecule has 0 saturated carbocycles. The van der Waals surface area contributed by atoms with Crippen LogP contribution in [0.1, 0.15) is 11.1 Å². The molecule has 3 aromatic carbocycles. The van der Waals surface area contributed by atoms with Gasteiger partial charge in [-0.1, -0.05) is 47.5 Å². The summed E-state index contributed by atoms with van der Waals surface area (Å²) in [5.41, 5.74) is 1.00. The van der Waals surface area contributed by atoms with Crippen LogP contribution in [-0.2, 0) is 31.4 Å². The molecule has 0 radical (unpaired) electrons. The summed E-state index contributed by atoms with van der Waals surface area (Å²) in [5.74, 6) is -1.29. The molecule has 0 fully saturated rings. The number of sulfonamides is 2. The quantitative estimate of drug-likeness (QED) is 0.354. The van der Waals surface area contributed by atoms with Gasteiger partial charge in [-0.15, -0.1) is 0 Å². The summed E-state index contributed by atoms with van der Waals surface area (Å²) < 4.78 is 68.6. The molecule has 0 aliphatic rings. The van der Waals surface area contributed by atoms with Crippen molar-refractivity contribution in [3.05, 3.63) is 94.8 Å². The van der Waals surface area contributed by atoms with Gasteiger partial charge in [0.05, 0.1) is 16.3 Å². The lowest BCUT2D eigenvalue weighted by atomic mass is 10.2. The van der Waals surface area contributed by atoms with Crippen molar-refractivity contribution in [1.29, 1.82) is 0 Å². The molecule has 0 aliphatic heterocycles. The topological polar surface area (TPSA) is 113 Å². The van der Waals surface area contributed by atoms with E-state index in [0.29, 0.717) is 5.02 Å². The second-order valence-electron chi connectivity index (χ2n) is 7.88. The van der Waals surface area contributed by atoms with Crippen LogP contribution in [0.2, 0.25) is 5.02 Å². The van der Waals surface area contributed by atoms with E-state index in [4.69, 9.17) is 11.6 Å². The Labute approximate surface area is 215 Å². The van der Waals surface area contributed by atoms with Gasteiger partial charge in [-0.3, -0.25) is 4.79 Å². The molecule has 12 heteroatoms. The summed E-state index contributed by atoms with van der Waals surface area (Å²) in [5, 5.41) is 2.83. The van der Waals surface area contributed by atoms with E-state index in [1.54, 1.807) is 18.2 Å². The summed E-state index contributed by atoms with van der Waals surface area (Å²) in [6.45, 7) is 0.648. The molecule has 3 aromatic rings. The normalized spacial score (nSPS) is 12.0. The molecule has 8 nitrogen and oxygen atoms in total. The van der Waals surface area contributed by atoms with Crippen LogP contribution in [0.3, 0.4) is 0 Å². The standard InChI is InChI=1S/C24H25ClFN3O5S2/c1-18-6-10-21(11-7-18)35(31,32)28-15-14-27-24(30)17-29(16-19-4-2-3-5-23(19)26)36(33,34)22-12-8-20(25)9-13-22/h2-13,28H,14-17H2,1H3,(H,27,30). The Morgan fingerprint density at radius 2 is 1.50 bits per heavy atom. The highest BCUT2D eigenvalue weighted by Crippen LogP contribution is 2.21. The zero-order valence-corrected chi connectivity index (χ0v) is 21.7. The molecule has 0 saturated heterocycles. The van der Waals surface area contributed by atoms with Crippen LogP contribution in [0, 0.1) is 12.7 Å². The van der Waals surface area contributed by atoms with Crippen molar-refractivity contribution in [2.24, 2.45) is 0 Å². The maximum Gasteiger partial charge on any atom is 0.243 e. The van der Waals surface area contributed by atoms with Gasteiger partial charge in [-0.25, -0.2) is 25.9 Å². The number of amides is 1. The van der Waals surface area contributed by atoms with Crippen molar-refractivity contribution < 1.29 is 26.0 Å². The molecular weight excluding hydrogens is 529 g/mol. The van der Waals surface area contributed by atoms with Crippen molar-refractivity contribution in [2.45, 2.75) is 23.3 Å². The van der Waals surface area contributed by atoms with Gasteiger partial charge < -0.3 is 5.32 Å². The second-order valence-corrected chi connectivity index (χ2v) is 12.0. The maximum absolute atomic E-state index is 14.2. The summed E-state index contributed by atoms with van der Waals surface area (Å²) in [6, 6.07) is 17.3. The van der Waals surface area contributed by atoms with E-state index in [2.05, 4.69) is 10.0 Å². The van der Waals surface area contributed by atoms with Gasteiger partial charge in [0.25, 0.3) is 0 Å². The first-order valence-corrected chi connectivity index (χ1v) is 14.1. The predicted octanol–water partition coefficient (Wildman–Crippen LogP) is 3.07. The SMILES string of the molecule is Cc1ccc(S(=O)(=O)NCCNC(=O)CN(Cc2ccccc2F)S(=O)(=O)c2ccc(Cl)cc2)cc1. The van der Waals surface area contributed by atoms with Crippen LogP contribution in [0.4, 0.5) is 4.39 Å². The Kier molecular flexibility index (Phi) is 9.20. The van der Waals surface area contributed by atoms with Gasteiger partial charge in [0.1, 0.15) is 5.82 Å². The zero-order valence-electron chi connectivity index (χ0n) is 19.3. The van der Waals surface area contributed by atoms with Crippen molar-refractivity contribution in [2.75, 3.05) is 19.6 Å². The number of hydrogen-bond donors (Lipinski definition) is 2. The van der Waals surface area contributed by atoms with Crippen LogP contribution >= 0.6 is 11.6 Å². The Morgan fingerprint density at radius 3 is 2.14 bits per heavy atom. The van der Waals surface area contributed by atoms with Crippen LogP contribution in [0.15, 0.2) is 82.6 Å². The monoisotopic (exact) mass is 553 g/mol. The van der Waals surface area contributed by atoms with Crippen LogP contribution < -0.4 is 10.0 Å². The third-order valence-electron chi connectivity index (χ3n) is 5.15. The molecule has 0 aliphatic carbocycles. The van der Waals surface area contributed by atoms with Crippen molar-refractivity contribution >= 4 is 37.6 Å². The first-order chi connectivity index (χ1) is 17.0. The number of hydrogen-bond acceptors (Lipinski definition) is 5. The van der Waals surface area contributed by atoms with E-state index in [1.165, 1.54) is 54.6 Å². The van der Waals surface area contributed by atoms with Crippen molar-refractivity contribution in [3.8, 4) is 0 Å². The number of carbonyl (C=O) groups is 1. The summed E-state index contributed by atoms with van der Waals surface area (Å²) in [4.78, 5) is 12.6. The Balaban J connectivity index is 1.67. The molecule has 36 heavy (non-hydrogen) atoms. The zero-order chi connectivity index (χ0) is 26.3. The fourth-order valence-corrected chi connectivity index (χ4v) is 5.73. The van der Waals surface area contributed by atoms with E-state index >= 15 is 0 Å². The van der Waals surface area contributed by atoms with Crippen molar-refractivity contribution in [1.82, 2.24) is 14.3 Å². The van der Waals surface area contributed by atoms with Gasteiger partial charge in [0.2, 0.25) is 26.0 Å². The molecule has 0 heterocycles. The first kappa shape index (κ1) is 27.8. The average Bonchev–Trinajstić information content (AvgIpc) is 2.83. The number of halogens is 2. The third kappa shape index (κ3) is 7.34. The van der Waals surface area contributed by atoms with Gasteiger partial charge in [0, 0.05) is 30.2 Å². The second kappa shape index (κ2) is 11.9. The predicted molar refractivity (Wildman–Crippen MR) is 135 cm³/mol. The number of benzene rings is 3. The molecule has 3 rings (SSSR count). The van der Waals surface area contributed by atoms with Crippen LogP contribution in [0.5, 0.6) is 0 Å². The lowest BCUT2D eigenvalue weighted by molar-refractivity contribution is -0.121. The molecule has 0 atom stereocenters. The summed E-state index contributed by atoms with van der Waals surface area (Å²) >= 11 is 5.85. The lowest BCUT2D eigenvalue weighted by Gasteiger charge is -2.22. The number of nitrogens with one attached hydrogen (secondary N) is 2. The number of aryl methyl sites for hydroxylation is 1. The minimum absolute atomic E-state index is 0.0849. The number of rotatable bonds is 11. The molecule has 0 unspecified atom stereocenters. The molecule has 1 amide bonds. The minimum Gasteiger partial charge on any atom is -0.354 e. The number of carbonyl (C=O) groups excluding carboxylic acids is 1. The third-order valence-corrected chi connectivity index (χ3v) is 8.68. The van der Waals surface area contributed by atoms with E-state index in [9.17, 15) is 26.0 Å². The highest BCUT2D eigenvalue weighted by atomic mass is 35.5. The van der Waals surface area contributed by atoms with E-state index < -0.39 is 38.3 Å².